The van der Waals surface area contributed by atoms with Gasteiger partial charge in [-0.1, -0.05) is 25.2 Å². The predicted molar refractivity (Wildman–Crippen MR) is 60.5 cm³/mol. The first-order valence-corrected chi connectivity index (χ1v) is 5.41. The van der Waals surface area contributed by atoms with Gasteiger partial charge in [-0.2, -0.15) is 0 Å². The van der Waals surface area contributed by atoms with E-state index in [4.69, 9.17) is 5.11 Å². The Hall–Kier alpha value is -1.14. The van der Waals surface area contributed by atoms with Crippen LogP contribution in [0.3, 0.4) is 0 Å². The van der Waals surface area contributed by atoms with E-state index in [1.54, 1.807) is 5.01 Å². The van der Waals surface area contributed by atoms with Crippen LogP contribution in [0, 0.1) is 0 Å². The number of hydrogen-bond donors (Lipinski definition) is 2. The largest absolute Gasteiger partial charge is 0.477 e. The number of thiazole rings is 1. The van der Waals surface area contributed by atoms with E-state index in [-0.39, 0.29) is 5.92 Å². The van der Waals surface area contributed by atoms with E-state index < -0.39 is 5.97 Å². The molecule has 2 N–H and O–H groups in total. The van der Waals surface area contributed by atoms with Gasteiger partial charge in [0.05, 0.1) is 5.69 Å². The van der Waals surface area contributed by atoms with Gasteiger partial charge in [-0.15, -0.1) is 0 Å². The highest BCUT2D eigenvalue weighted by Crippen LogP contribution is 2.28. The second kappa shape index (κ2) is 4.59. The summed E-state index contributed by atoms with van der Waals surface area (Å²) in [6.07, 6.45) is 0. The number of aromatic nitrogens is 1. The highest BCUT2D eigenvalue weighted by atomic mass is 32.1. The fourth-order valence-electron chi connectivity index (χ4n) is 1.12. The summed E-state index contributed by atoms with van der Waals surface area (Å²) in [5.74, 6) is -0.798. The van der Waals surface area contributed by atoms with Crippen LogP contribution in [0.4, 0.5) is 5.13 Å². The quantitative estimate of drug-likeness (QED) is 0.771. The van der Waals surface area contributed by atoms with Crippen LogP contribution in [-0.2, 0) is 0 Å². The fourth-order valence-corrected chi connectivity index (χ4v) is 2.15. The minimum Gasteiger partial charge on any atom is -0.477 e. The number of nitrogens with one attached hydrogen (secondary N) is 1. The Morgan fingerprint density at radius 1 is 1.53 bits per heavy atom. The van der Waals surface area contributed by atoms with Gasteiger partial charge in [0.1, 0.15) is 4.88 Å². The Labute approximate surface area is 92.7 Å². The molecule has 0 bridgehead atoms. The molecule has 0 aliphatic rings. The highest BCUT2D eigenvalue weighted by molar-refractivity contribution is 7.17. The molecule has 0 unspecified atom stereocenters. The van der Waals surface area contributed by atoms with Gasteiger partial charge in [-0.3, -0.25) is 5.43 Å². The SMILES string of the molecule is CC(C)c1nc(NN(C)C)sc1C(=O)O. The number of hydrogen-bond acceptors (Lipinski definition) is 5. The number of anilines is 1. The first-order valence-electron chi connectivity index (χ1n) is 4.59. The standard InChI is InChI=1S/C9H15N3O2S/c1-5(2)6-7(8(13)14)15-9(10-6)11-12(3)4/h5H,1-4H3,(H,10,11)(H,13,14). The van der Waals surface area contributed by atoms with Gasteiger partial charge in [0.25, 0.3) is 0 Å². The van der Waals surface area contributed by atoms with Crippen LogP contribution in [0.15, 0.2) is 0 Å². The zero-order chi connectivity index (χ0) is 11.6. The van der Waals surface area contributed by atoms with Gasteiger partial charge in [0.15, 0.2) is 5.13 Å². The molecular formula is C9H15N3O2S. The first kappa shape index (κ1) is 11.9. The molecule has 0 amide bonds. The number of hydrazine groups is 1. The number of carboxylic acid groups (broad SMARTS) is 1. The molecule has 0 aliphatic carbocycles. The molecular weight excluding hydrogens is 214 g/mol. The summed E-state index contributed by atoms with van der Waals surface area (Å²) >= 11 is 1.16. The van der Waals surface area contributed by atoms with Gasteiger partial charge >= 0.3 is 5.97 Å². The smallest absolute Gasteiger partial charge is 0.347 e. The lowest BCUT2D eigenvalue weighted by molar-refractivity contribution is 0.0700. The van der Waals surface area contributed by atoms with Crippen LogP contribution in [0.2, 0.25) is 0 Å². The van der Waals surface area contributed by atoms with Crippen molar-refractivity contribution in [3.8, 4) is 0 Å². The lowest BCUT2D eigenvalue weighted by atomic mass is 10.1. The Kier molecular flexibility index (Phi) is 3.65. The van der Waals surface area contributed by atoms with Crippen LogP contribution >= 0.6 is 11.3 Å². The molecule has 1 rings (SSSR count). The predicted octanol–water partition coefficient (Wildman–Crippen LogP) is 1.85. The number of aromatic carboxylic acids is 1. The highest BCUT2D eigenvalue weighted by Gasteiger charge is 2.19. The molecule has 0 radical (unpaired) electrons. The van der Waals surface area contributed by atoms with E-state index in [0.29, 0.717) is 15.7 Å². The van der Waals surface area contributed by atoms with Crippen molar-refractivity contribution in [1.82, 2.24) is 9.99 Å². The zero-order valence-electron chi connectivity index (χ0n) is 9.24. The van der Waals surface area contributed by atoms with Crippen molar-refractivity contribution in [2.45, 2.75) is 19.8 Å². The third kappa shape index (κ3) is 2.90. The molecule has 1 heterocycles. The van der Waals surface area contributed by atoms with Crippen LogP contribution in [0.5, 0.6) is 0 Å². The topological polar surface area (TPSA) is 65.5 Å². The maximum Gasteiger partial charge on any atom is 0.347 e. The second-order valence-electron chi connectivity index (χ2n) is 3.70. The summed E-state index contributed by atoms with van der Waals surface area (Å²) < 4.78 is 0. The van der Waals surface area contributed by atoms with Crippen molar-refractivity contribution in [2.75, 3.05) is 19.5 Å². The average molecular weight is 229 g/mol. The van der Waals surface area contributed by atoms with Crippen LogP contribution < -0.4 is 5.43 Å². The van der Waals surface area contributed by atoms with E-state index in [0.717, 1.165) is 11.3 Å². The molecule has 1 aromatic heterocycles. The van der Waals surface area contributed by atoms with Crippen molar-refractivity contribution in [2.24, 2.45) is 0 Å². The van der Waals surface area contributed by atoms with Crippen LogP contribution in [0.25, 0.3) is 0 Å². The summed E-state index contributed by atoms with van der Waals surface area (Å²) in [5.41, 5.74) is 3.59. The monoisotopic (exact) mass is 229 g/mol. The average Bonchev–Trinajstić information content (AvgIpc) is 2.46. The molecule has 84 valence electrons. The number of carbonyl (C=O) groups is 1. The fraction of sp³-hybridized carbons (Fsp3) is 0.556. The lowest BCUT2D eigenvalue weighted by Gasteiger charge is -2.09. The van der Waals surface area contributed by atoms with E-state index >= 15 is 0 Å². The Balaban J connectivity index is 3.04. The molecule has 5 nitrogen and oxygen atoms in total. The minimum absolute atomic E-state index is 0.116. The third-order valence-electron chi connectivity index (χ3n) is 1.71. The lowest BCUT2D eigenvalue weighted by Crippen LogP contribution is -2.19. The third-order valence-corrected chi connectivity index (χ3v) is 2.68. The molecule has 6 heteroatoms. The molecule has 1 aromatic rings. The molecule has 15 heavy (non-hydrogen) atoms. The van der Waals surface area contributed by atoms with Crippen molar-refractivity contribution >= 4 is 22.4 Å². The van der Waals surface area contributed by atoms with Gasteiger partial charge in [0.2, 0.25) is 0 Å². The van der Waals surface area contributed by atoms with Crippen molar-refractivity contribution < 1.29 is 9.90 Å². The van der Waals surface area contributed by atoms with Crippen molar-refractivity contribution in [1.29, 1.82) is 0 Å². The summed E-state index contributed by atoms with van der Waals surface area (Å²) in [5, 5.41) is 11.3. The van der Waals surface area contributed by atoms with Crippen LogP contribution in [-0.4, -0.2) is 35.2 Å². The minimum atomic E-state index is -0.914. The Morgan fingerprint density at radius 3 is 2.47 bits per heavy atom. The molecule has 0 saturated carbocycles. The molecule has 0 saturated heterocycles. The number of nitrogens with zero attached hydrogens (tertiary/aromatic N) is 2. The maximum atomic E-state index is 11.0. The second-order valence-corrected chi connectivity index (χ2v) is 4.70. The molecule has 0 aliphatic heterocycles. The zero-order valence-corrected chi connectivity index (χ0v) is 10.1. The summed E-state index contributed by atoms with van der Waals surface area (Å²) in [6.45, 7) is 3.86. The van der Waals surface area contributed by atoms with Gasteiger partial charge in [-0.25, -0.2) is 14.8 Å². The number of rotatable bonds is 4. The van der Waals surface area contributed by atoms with E-state index in [1.165, 1.54) is 0 Å². The van der Waals surface area contributed by atoms with Crippen molar-refractivity contribution in [3.05, 3.63) is 10.6 Å². The molecule has 0 atom stereocenters. The Morgan fingerprint density at radius 2 is 2.13 bits per heavy atom. The summed E-state index contributed by atoms with van der Waals surface area (Å²) in [4.78, 5) is 15.5. The summed E-state index contributed by atoms with van der Waals surface area (Å²) in [7, 11) is 3.66. The van der Waals surface area contributed by atoms with Crippen molar-refractivity contribution in [3.63, 3.8) is 0 Å². The molecule has 0 aromatic carbocycles. The van der Waals surface area contributed by atoms with E-state index in [1.807, 2.05) is 27.9 Å². The van der Waals surface area contributed by atoms with Gasteiger partial charge in [0, 0.05) is 14.1 Å². The molecule has 0 fully saturated rings. The van der Waals surface area contributed by atoms with E-state index in [9.17, 15) is 4.79 Å². The van der Waals surface area contributed by atoms with E-state index in [2.05, 4.69) is 10.4 Å². The molecule has 0 spiro atoms. The van der Waals surface area contributed by atoms with Gasteiger partial charge < -0.3 is 5.11 Å². The van der Waals surface area contributed by atoms with Crippen LogP contribution in [0.1, 0.15) is 35.1 Å². The first-order chi connectivity index (χ1) is 6.91. The normalized spacial score (nSPS) is 11.1. The maximum absolute atomic E-state index is 11.0. The van der Waals surface area contributed by atoms with Gasteiger partial charge in [-0.05, 0) is 5.92 Å². The Bertz CT molecular complexity index is 360. The summed E-state index contributed by atoms with van der Waals surface area (Å²) in [6, 6.07) is 0. The number of carboxylic acids is 1.